The molecule has 0 aliphatic carbocycles. The second kappa shape index (κ2) is 5.48. The number of carboxylic acids is 1. The maximum Gasteiger partial charge on any atom is 0.354 e. The van der Waals surface area contributed by atoms with Gasteiger partial charge in [-0.3, -0.25) is 14.3 Å². The predicted octanol–water partition coefficient (Wildman–Crippen LogP) is 1.85. The fourth-order valence-electron chi connectivity index (χ4n) is 2.43. The Morgan fingerprint density at radius 1 is 1.45 bits per heavy atom. The lowest BCUT2D eigenvalue weighted by Crippen LogP contribution is -2.29. The van der Waals surface area contributed by atoms with Gasteiger partial charge in [-0.1, -0.05) is 25.5 Å². The lowest BCUT2D eigenvalue weighted by molar-refractivity contribution is -0.118. The molecule has 1 amide bonds. The van der Waals surface area contributed by atoms with Gasteiger partial charge in [0.05, 0.1) is 5.69 Å². The van der Waals surface area contributed by atoms with Crippen LogP contribution in [0.15, 0.2) is 11.6 Å². The topological polar surface area (TPSA) is 75.4 Å². The number of hydrogen-bond donors (Lipinski definition) is 1. The average molecular weight is 277 g/mol. The van der Waals surface area contributed by atoms with E-state index in [1.165, 1.54) is 4.57 Å². The van der Waals surface area contributed by atoms with E-state index in [1.54, 1.807) is 4.90 Å². The molecule has 2 rings (SSSR count). The number of aromatic nitrogens is 2. The number of nitrogens with zero attached hydrogens (tertiary/aromatic N) is 3. The highest BCUT2D eigenvalue weighted by Gasteiger charge is 2.34. The summed E-state index contributed by atoms with van der Waals surface area (Å²) in [5, 5.41) is 9.29. The fraction of sp³-hybridized carbons (Fsp3) is 0.500. The predicted molar refractivity (Wildman–Crippen MR) is 75.0 cm³/mol. The van der Waals surface area contributed by atoms with Crippen LogP contribution in [-0.4, -0.2) is 33.1 Å². The number of allylic oxidation sites excluding steroid dienone is 1. The third kappa shape index (κ3) is 2.21. The molecule has 6 nitrogen and oxygen atoms in total. The largest absolute Gasteiger partial charge is 0.477 e. The third-order valence-electron chi connectivity index (χ3n) is 3.62. The molecule has 0 saturated carbocycles. The van der Waals surface area contributed by atoms with Crippen molar-refractivity contribution in [2.45, 2.75) is 40.2 Å². The number of carbonyl (C=O) groups is 2. The van der Waals surface area contributed by atoms with Gasteiger partial charge < -0.3 is 5.11 Å². The summed E-state index contributed by atoms with van der Waals surface area (Å²) in [5.74, 6) is -0.681. The third-order valence-corrected chi connectivity index (χ3v) is 3.62. The van der Waals surface area contributed by atoms with Crippen molar-refractivity contribution in [1.29, 1.82) is 0 Å². The summed E-state index contributed by atoms with van der Waals surface area (Å²) >= 11 is 0. The van der Waals surface area contributed by atoms with E-state index in [9.17, 15) is 14.7 Å². The molecule has 1 aromatic rings. The molecule has 20 heavy (non-hydrogen) atoms. The lowest BCUT2D eigenvalue weighted by Gasteiger charge is -2.15. The van der Waals surface area contributed by atoms with E-state index in [2.05, 4.69) is 4.98 Å². The van der Waals surface area contributed by atoms with Gasteiger partial charge in [0, 0.05) is 6.54 Å². The summed E-state index contributed by atoms with van der Waals surface area (Å²) in [4.78, 5) is 29.3. The van der Waals surface area contributed by atoms with Crippen LogP contribution in [0.5, 0.6) is 0 Å². The zero-order chi connectivity index (χ0) is 14.9. The van der Waals surface area contributed by atoms with E-state index < -0.39 is 5.97 Å². The van der Waals surface area contributed by atoms with E-state index >= 15 is 0 Å². The average Bonchev–Trinajstić information content (AvgIpc) is 2.91. The standard InChI is InChI=1S/C14H19N3O3/c1-4-9(5-2)7-16-11(18)8-17-12(13(19)20)10(6-3)15-14(16)17/h4H,5-8H2,1-3H3,(H,19,20)/b9-4-. The maximum atomic E-state index is 12.1. The van der Waals surface area contributed by atoms with Crippen molar-refractivity contribution in [3.8, 4) is 0 Å². The summed E-state index contributed by atoms with van der Waals surface area (Å²) in [6.07, 6.45) is 3.37. The van der Waals surface area contributed by atoms with Crippen LogP contribution in [0, 0.1) is 0 Å². The van der Waals surface area contributed by atoms with Crippen LogP contribution in [0.25, 0.3) is 0 Å². The van der Waals surface area contributed by atoms with Crippen LogP contribution in [0.2, 0.25) is 0 Å². The molecule has 0 fully saturated rings. The van der Waals surface area contributed by atoms with Crippen molar-refractivity contribution < 1.29 is 14.7 Å². The number of aryl methyl sites for hydroxylation is 1. The Labute approximate surface area is 117 Å². The highest BCUT2D eigenvalue weighted by Crippen LogP contribution is 2.27. The first-order chi connectivity index (χ1) is 9.53. The molecular weight excluding hydrogens is 258 g/mol. The summed E-state index contributed by atoms with van der Waals surface area (Å²) in [5.41, 5.74) is 1.80. The normalized spacial score (nSPS) is 14.8. The van der Waals surface area contributed by atoms with E-state index in [0.29, 0.717) is 24.6 Å². The van der Waals surface area contributed by atoms with E-state index in [4.69, 9.17) is 0 Å². The Morgan fingerprint density at radius 3 is 2.65 bits per heavy atom. The number of carboxylic acid groups (broad SMARTS) is 1. The van der Waals surface area contributed by atoms with Gasteiger partial charge in [-0.15, -0.1) is 0 Å². The molecule has 1 aliphatic rings. The Balaban J connectivity index is 2.43. The van der Waals surface area contributed by atoms with Crippen molar-refractivity contribution in [3.05, 3.63) is 23.0 Å². The molecule has 0 radical (unpaired) electrons. The summed E-state index contributed by atoms with van der Waals surface area (Å²) in [6.45, 7) is 6.37. The molecule has 1 N–H and O–H groups in total. The lowest BCUT2D eigenvalue weighted by atomic mass is 10.2. The van der Waals surface area contributed by atoms with Gasteiger partial charge >= 0.3 is 5.97 Å². The Morgan fingerprint density at radius 2 is 2.15 bits per heavy atom. The summed E-state index contributed by atoms with van der Waals surface area (Å²) in [7, 11) is 0. The van der Waals surface area contributed by atoms with Crippen LogP contribution >= 0.6 is 0 Å². The van der Waals surface area contributed by atoms with Gasteiger partial charge in [0.2, 0.25) is 11.9 Å². The summed E-state index contributed by atoms with van der Waals surface area (Å²) < 4.78 is 1.51. The molecule has 0 atom stereocenters. The molecule has 0 unspecified atom stereocenters. The molecule has 2 heterocycles. The van der Waals surface area contributed by atoms with Crippen molar-refractivity contribution in [2.75, 3.05) is 11.4 Å². The number of rotatable bonds is 5. The minimum atomic E-state index is -1.03. The van der Waals surface area contributed by atoms with Crippen molar-refractivity contribution in [2.24, 2.45) is 0 Å². The second-order valence-corrected chi connectivity index (χ2v) is 4.73. The second-order valence-electron chi connectivity index (χ2n) is 4.73. The minimum Gasteiger partial charge on any atom is -0.477 e. The zero-order valence-corrected chi connectivity index (χ0v) is 12.0. The van der Waals surface area contributed by atoms with Crippen molar-refractivity contribution >= 4 is 17.8 Å². The Hall–Kier alpha value is -2.11. The van der Waals surface area contributed by atoms with Crippen LogP contribution in [-0.2, 0) is 17.8 Å². The van der Waals surface area contributed by atoms with Crippen LogP contribution in [0.4, 0.5) is 5.95 Å². The van der Waals surface area contributed by atoms with Crippen LogP contribution < -0.4 is 4.90 Å². The van der Waals surface area contributed by atoms with Crippen LogP contribution in [0.1, 0.15) is 43.4 Å². The molecule has 6 heteroatoms. The number of anilines is 1. The Kier molecular flexibility index (Phi) is 3.92. The SMILES string of the molecule is C/C=C(/CC)CN1C(=O)Cn2c1nc(CC)c2C(=O)O. The number of carbonyl (C=O) groups excluding carboxylic acids is 1. The molecule has 1 aliphatic heterocycles. The first-order valence-electron chi connectivity index (χ1n) is 6.80. The van der Waals surface area contributed by atoms with Gasteiger partial charge in [-0.2, -0.15) is 0 Å². The van der Waals surface area contributed by atoms with Crippen LogP contribution in [0.3, 0.4) is 0 Å². The fourth-order valence-corrected chi connectivity index (χ4v) is 2.43. The van der Waals surface area contributed by atoms with Gasteiger partial charge in [0.15, 0.2) is 5.69 Å². The number of hydrogen-bond acceptors (Lipinski definition) is 3. The highest BCUT2D eigenvalue weighted by atomic mass is 16.4. The highest BCUT2D eigenvalue weighted by molar-refractivity contribution is 5.98. The van der Waals surface area contributed by atoms with Gasteiger partial charge in [-0.25, -0.2) is 9.78 Å². The monoisotopic (exact) mass is 277 g/mol. The molecule has 108 valence electrons. The van der Waals surface area contributed by atoms with E-state index in [1.807, 2.05) is 26.8 Å². The number of amides is 1. The molecular formula is C14H19N3O3. The van der Waals surface area contributed by atoms with Crippen molar-refractivity contribution in [1.82, 2.24) is 9.55 Å². The van der Waals surface area contributed by atoms with Gasteiger partial charge in [-0.05, 0) is 19.8 Å². The molecule has 0 spiro atoms. The first kappa shape index (κ1) is 14.3. The van der Waals surface area contributed by atoms with E-state index in [0.717, 1.165) is 12.0 Å². The molecule has 1 aromatic heterocycles. The Bertz CT molecular complexity index is 587. The van der Waals surface area contributed by atoms with Crippen molar-refractivity contribution in [3.63, 3.8) is 0 Å². The number of aromatic carboxylic acids is 1. The molecule has 0 saturated heterocycles. The van der Waals surface area contributed by atoms with Gasteiger partial charge in [0.1, 0.15) is 6.54 Å². The first-order valence-corrected chi connectivity index (χ1v) is 6.80. The van der Waals surface area contributed by atoms with E-state index in [-0.39, 0.29) is 18.1 Å². The zero-order valence-electron chi connectivity index (χ0n) is 12.0. The minimum absolute atomic E-state index is 0.0602. The smallest absolute Gasteiger partial charge is 0.354 e. The number of fused-ring (bicyclic) bond motifs is 1. The molecule has 0 aromatic carbocycles. The van der Waals surface area contributed by atoms with Gasteiger partial charge in [0.25, 0.3) is 0 Å². The quantitative estimate of drug-likeness (QED) is 0.833. The summed E-state index contributed by atoms with van der Waals surface area (Å²) in [6, 6.07) is 0. The number of imidazole rings is 1. The maximum absolute atomic E-state index is 12.1. The molecule has 0 bridgehead atoms.